The van der Waals surface area contributed by atoms with E-state index in [9.17, 15) is 9.90 Å². The summed E-state index contributed by atoms with van der Waals surface area (Å²) in [5.74, 6) is 0.119. The van der Waals surface area contributed by atoms with Gasteiger partial charge in [0, 0.05) is 19.7 Å². The molecule has 1 aromatic rings. The molecule has 118 valence electrons. The third-order valence-electron chi connectivity index (χ3n) is 4.99. The van der Waals surface area contributed by atoms with Gasteiger partial charge >= 0.3 is 0 Å². The molecule has 1 N–H and O–H groups in total. The van der Waals surface area contributed by atoms with Gasteiger partial charge in [0.05, 0.1) is 18.9 Å². The molecule has 4 heteroatoms. The molecule has 0 bridgehead atoms. The van der Waals surface area contributed by atoms with Gasteiger partial charge in [0.1, 0.15) is 0 Å². The molecule has 1 heterocycles. The molecule has 0 aliphatic carbocycles. The van der Waals surface area contributed by atoms with Gasteiger partial charge in [-0.1, -0.05) is 31.2 Å². The number of amides is 1. The summed E-state index contributed by atoms with van der Waals surface area (Å²) >= 11 is 0. The second-order valence-corrected chi connectivity index (χ2v) is 6.17. The van der Waals surface area contributed by atoms with Gasteiger partial charge in [0.2, 0.25) is 5.91 Å². The Bertz CT molecular complexity index is 548. The quantitative estimate of drug-likeness (QED) is 0.907. The van der Waals surface area contributed by atoms with Gasteiger partial charge in [-0.05, 0) is 35.8 Å². The number of likely N-dealkylation sites (tertiary alicyclic amines) is 1. The zero-order valence-corrected chi connectivity index (χ0v) is 13.2. The number of benzene rings is 1. The number of aliphatic hydroxyl groups is 1. The summed E-state index contributed by atoms with van der Waals surface area (Å²) in [6.07, 6.45) is 3.39. The van der Waals surface area contributed by atoms with E-state index in [0.717, 1.165) is 30.4 Å². The molecule has 1 saturated heterocycles. The van der Waals surface area contributed by atoms with Gasteiger partial charge in [0.15, 0.2) is 0 Å². The minimum atomic E-state index is -0.00447. The third-order valence-corrected chi connectivity index (χ3v) is 4.99. The van der Waals surface area contributed by atoms with Crippen molar-refractivity contribution >= 4 is 5.91 Å². The van der Waals surface area contributed by atoms with Crippen LogP contribution in [0.3, 0.4) is 0 Å². The highest BCUT2D eigenvalue weighted by Crippen LogP contribution is 2.34. The SMILES string of the molecule is CCC1(CO)CCN(C(=O)Cc2ccccc2CC#N)CC1. The standard InChI is InChI=1S/C18H24N2O2/c1-2-18(14-21)8-11-20(12-9-18)17(22)13-16-6-4-3-5-15(16)7-10-19/h3-6,21H,2,7-9,11-14H2,1H3. The van der Waals surface area contributed by atoms with Crippen LogP contribution in [0.4, 0.5) is 0 Å². The van der Waals surface area contributed by atoms with Crippen molar-refractivity contribution in [3.63, 3.8) is 0 Å². The number of hydrogen-bond donors (Lipinski definition) is 1. The molecule has 0 aromatic heterocycles. The van der Waals surface area contributed by atoms with Crippen LogP contribution in [0, 0.1) is 16.7 Å². The highest BCUT2D eigenvalue weighted by molar-refractivity contribution is 5.79. The third kappa shape index (κ3) is 3.66. The molecule has 1 amide bonds. The summed E-state index contributed by atoms with van der Waals surface area (Å²) < 4.78 is 0. The molecule has 0 atom stereocenters. The first kappa shape index (κ1) is 16.5. The predicted octanol–water partition coefficient (Wildman–Crippen LogP) is 2.31. The summed E-state index contributed by atoms with van der Waals surface area (Å²) in [5.41, 5.74) is 1.88. The van der Waals surface area contributed by atoms with Gasteiger partial charge in [-0.15, -0.1) is 0 Å². The zero-order valence-electron chi connectivity index (χ0n) is 13.2. The first-order chi connectivity index (χ1) is 10.6. The summed E-state index contributed by atoms with van der Waals surface area (Å²) in [6.45, 7) is 3.74. The van der Waals surface area contributed by atoms with E-state index in [2.05, 4.69) is 13.0 Å². The van der Waals surface area contributed by atoms with E-state index in [-0.39, 0.29) is 17.9 Å². The minimum Gasteiger partial charge on any atom is -0.396 e. The van der Waals surface area contributed by atoms with Crippen molar-refractivity contribution in [2.24, 2.45) is 5.41 Å². The largest absolute Gasteiger partial charge is 0.396 e. The fourth-order valence-corrected chi connectivity index (χ4v) is 3.12. The lowest BCUT2D eigenvalue weighted by molar-refractivity contribution is -0.133. The van der Waals surface area contributed by atoms with Gasteiger partial charge in [-0.25, -0.2) is 0 Å². The summed E-state index contributed by atoms with van der Waals surface area (Å²) in [6, 6.07) is 9.80. The van der Waals surface area contributed by atoms with Gasteiger partial charge in [-0.3, -0.25) is 4.79 Å². The molecule has 22 heavy (non-hydrogen) atoms. The number of piperidine rings is 1. The van der Waals surface area contributed by atoms with E-state index in [1.54, 1.807) is 0 Å². The summed E-state index contributed by atoms with van der Waals surface area (Å²) in [5, 5.41) is 18.4. The van der Waals surface area contributed by atoms with Crippen LogP contribution in [0.2, 0.25) is 0 Å². The number of rotatable bonds is 5. The fourth-order valence-electron chi connectivity index (χ4n) is 3.12. The summed E-state index contributed by atoms with van der Waals surface area (Å²) in [4.78, 5) is 14.4. The monoisotopic (exact) mass is 300 g/mol. The molecule has 1 aliphatic heterocycles. The van der Waals surface area contributed by atoms with E-state index < -0.39 is 0 Å². The maximum absolute atomic E-state index is 12.5. The molecule has 0 radical (unpaired) electrons. The molecule has 1 aromatic carbocycles. The van der Waals surface area contributed by atoms with Crippen LogP contribution < -0.4 is 0 Å². The van der Waals surface area contributed by atoms with Crippen LogP contribution in [0.5, 0.6) is 0 Å². The van der Waals surface area contributed by atoms with E-state index in [1.807, 2.05) is 29.2 Å². The molecule has 0 spiro atoms. The van der Waals surface area contributed by atoms with Crippen LogP contribution in [0.1, 0.15) is 37.3 Å². The number of carbonyl (C=O) groups is 1. The first-order valence-electron chi connectivity index (χ1n) is 7.96. The number of nitriles is 1. The Kier molecular flexibility index (Phi) is 5.57. The number of carbonyl (C=O) groups excluding carboxylic acids is 1. The number of hydrogen-bond acceptors (Lipinski definition) is 3. The first-order valence-corrected chi connectivity index (χ1v) is 7.96. The Morgan fingerprint density at radius 2 is 1.95 bits per heavy atom. The molecule has 1 fully saturated rings. The minimum absolute atomic E-state index is 0.00447. The van der Waals surface area contributed by atoms with E-state index in [4.69, 9.17) is 5.26 Å². The lowest BCUT2D eigenvalue weighted by Crippen LogP contribution is -2.45. The predicted molar refractivity (Wildman–Crippen MR) is 85.1 cm³/mol. The lowest BCUT2D eigenvalue weighted by Gasteiger charge is -2.40. The molecule has 0 unspecified atom stereocenters. The van der Waals surface area contributed by atoms with Crippen LogP contribution in [0.25, 0.3) is 0 Å². The van der Waals surface area contributed by atoms with Crippen LogP contribution in [-0.2, 0) is 17.6 Å². The Balaban J connectivity index is 1.98. The maximum atomic E-state index is 12.5. The van der Waals surface area contributed by atoms with E-state index in [1.165, 1.54) is 0 Å². The highest BCUT2D eigenvalue weighted by atomic mass is 16.3. The van der Waals surface area contributed by atoms with Gasteiger partial charge in [0.25, 0.3) is 0 Å². The highest BCUT2D eigenvalue weighted by Gasteiger charge is 2.33. The topological polar surface area (TPSA) is 64.3 Å². The van der Waals surface area contributed by atoms with Crippen molar-refractivity contribution in [1.82, 2.24) is 4.90 Å². The smallest absolute Gasteiger partial charge is 0.227 e. The van der Waals surface area contributed by atoms with Crippen molar-refractivity contribution in [2.75, 3.05) is 19.7 Å². The van der Waals surface area contributed by atoms with Crippen molar-refractivity contribution in [2.45, 2.75) is 39.0 Å². The second kappa shape index (κ2) is 7.42. The maximum Gasteiger partial charge on any atom is 0.227 e. The van der Waals surface area contributed by atoms with Crippen LogP contribution in [-0.4, -0.2) is 35.6 Å². The van der Waals surface area contributed by atoms with Crippen molar-refractivity contribution in [3.8, 4) is 6.07 Å². The van der Waals surface area contributed by atoms with E-state index >= 15 is 0 Å². The summed E-state index contributed by atoms with van der Waals surface area (Å²) in [7, 11) is 0. The van der Waals surface area contributed by atoms with Crippen LogP contribution >= 0.6 is 0 Å². The Labute approximate surface area is 132 Å². The van der Waals surface area contributed by atoms with Crippen molar-refractivity contribution < 1.29 is 9.90 Å². The Morgan fingerprint density at radius 1 is 1.32 bits per heavy atom. The van der Waals surface area contributed by atoms with E-state index in [0.29, 0.717) is 25.9 Å². The Morgan fingerprint density at radius 3 is 2.50 bits per heavy atom. The van der Waals surface area contributed by atoms with Gasteiger partial charge < -0.3 is 10.0 Å². The number of aliphatic hydroxyl groups excluding tert-OH is 1. The van der Waals surface area contributed by atoms with Crippen molar-refractivity contribution in [3.05, 3.63) is 35.4 Å². The normalized spacial score (nSPS) is 17.0. The average molecular weight is 300 g/mol. The van der Waals surface area contributed by atoms with Crippen LogP contribution in [0.15, 0.2) is 24.3 Å². The molecule has 0 saturated carbocycles. The average Bonchev–Trinajstić information content (AvgIpc) is 2.57. The van der Waals surface area contributed by atoms with Gasteiger partial charge in [-0.2, -0.15) is 5.26 Å². The zero-order chi connectivity index (χ0) is 16.0. The van der Waals surface area contributed by atoms with Crippen molar-refractivity contribution in [1.29, 1.82) is 5.26 Å². The molecular weight excluding hydrogens is 276 g/mol. The molecule has 2 rings (SSSR count). The number of nitrogens with zero attached hydrogens (tertiary/aromatic N) is 2. The molecule has 4 nitrogen and oxygen atoms in total. The second-order valence-electron chi connectivity index (χ2n) is 6.17. The lowest BCUT2D eigenvalue weighted by atomic mass is 9.77. The molecule has 1 aliphatic rings. The fraction of sp³-hybridized carbons (Fsp3) is 0.556. The molecular formula is C18H24N2O2. The Hall–Kier alpha value is -1.86.